The quantitative estimate of drug-likeness (QED) is 0.746. The molecule has 0 unspecified atom stereocenters. The normalized spacial score (nSPS) is 10.8. The van der Waals surface area contributed by atoms with Gasteiger partial charge in [-0.25, -0.2) is 4.98 Å². The maximum absolute atomic E-state index is 5.94. The lowest BCUT2D eigenvalue weighted by molar-refractivity contribution is 1.10. The molecule has 0 aliphatic heterocycles. The van der Waals surface area contributed by atoms with Gasteiger partial charge in [-0.15, -0.1) is 0 Å². The number of benzene rings is 1. The van der Waals surface area contributed by atoms with Crippen LogP contribution in [0, 0.1) is 0 Å². The van der Waals surface area contributed by atoms with Crippen LogP contribution in [0.15, 0.2) is 41.0 Å². The summed E-state index contributed by atoms with van der Waals surface area (Å²) < 4.78 is 0.908. The molecule has 6 heteroatoms. The topological polar surface area (TPSA) is 53.6 Å². The van der Waals surface area contributed by atoms with E-state index < -0.39 is 0 Å². The molecule has 3 aromatic rings. The summed E-state index contributed by atoms with van der Waals surface area (Å²) in [6.07, 6.45) is 1.73. The summed E-state index contributed by atoms with van der Waals surface area (Å²) >= 11 is 9.34. The van der Waals surface area contributed by atoms with E-state index in [2.05, 4.69) is 36.4 Å². The zero-order valence-electron chi connectivity index (χ0n) is 9.11. The summed E-state index contributed by atoms with van der Waals surface area (Å²) in [5.41, 5.74) is 1.62. The third-order valence-electron chi connectivity index (χ3n) is 2.47. The van der Waals surface area contributed by atoms with Crippen molar-refractivity contribution in [1.82, 2.24) is 15.2 Å². The molecule has 2 N–H and O–H groups in total. The lowest BCUT2D eigenvalue weighted by Crippen LogP contribution is -1.90. The predicted molar refractivity (Wildman–Crippen MR) is 76.3 cm³/mol. The van der Waals surface area contributed by atoms with Crippen LogP contribution < -0.4 is 5.32 Å². The van der Waals surface area contributed by atoms with Crippen molar-refractivity contribution in [2.75, 3.05) is 5.32 Å². The number of halogens is 2. The molecule has 0 aliphatic carbocycles. The summed E-state index contributed by atoms with van der Waals surface area (Å²) in [7, 11) is 0. The van der Waals surface area contributed by atoms with Gasteiger partial charge >= 0.3 is 0 Å². The van der Waals surface area contributed by atoms with Gasteiger partial charge < -0.3 is 5.32 Å². The number of hydrogen-bond acceptors (Lipinski definition) is 3. The van der Waals surface area contributed by atoms with E-state index in [1.165, 1.54) is 0 Å². The molecule has 0 atom stereocenters. The van der Waals surface area contributed by atoms with Gasteiger partial charge in [-0.05, 0) is 40.2 Å². The molecular weight excluding hydrogens is 316 g/mol. The van der Waals surface area contributed by atoms with E-state index in [0.29, 0.717) is 5.02 Å². The van der Waals surface area contributed by atoms with Crippen molar-refractivity contribution in [3.8, 4) is 0 Å². The molecule has 0 aliphatic rings. The highest BCUT2D eigenvalue weighted by Crippen LogP contribution is 2.26. The summed E-state index contributed by atoms with van der Waals surface area (Å²) in [6.45, 7) is 0. The summed E-state index contributed by atoms with van der Waals surface area (Å²) in [5.74, 6) is 0.723. The van der Waals surface area contributed by atoms with Crippen LogP contribution in [0.4, 0.5) is 11.5 Å². The lowest BCUT2D eigenvalue weighted by atomic mass is 10.3. The van der Waals surface area contributed by atoms with Gasteiger partial charge in [-0.2, -0.15) is 5.10 Å². The Labute approximate surface area is 117 Å². The molecule has 90 valence electrons. The van der Waals surface area contributed by atoms with E-state index in [1.54, 1.807) is 6.20 Å². The third kappa shape index (κ3) is 2.19. The molecule has 0 radical (unpaired) electrons. The first-order valence-electron chi connectivity index (χ1n) is 5.24. The van der Waals surface area contributed by atoms with Gasteiger partial charge in [0.1, 0.15) is 0 Å². The average Bonchev–Trinajstić information content (AvgIpc) is 2.72. The number of pyridine rings is 1. The Morgan fingerprint density at radius 2 is 2.17 bits per heavy atom. The van der Waals surface area contributed by atoms with E-state index in [0.717, 1.165) is 27.0 Å². The highest BCUT2D eigenvalue weighted by Gasteiger charge is 2.07. The van der Waals surface area contributed by atoms with Crippen molar-refractivity contribution in [3.63, 3.8) is 0 Å². The zero-order chi connectivity index (χ0) is 12.5. The van der Waals surface area contributed by atoms with Crippen LogP contribution in [0.2, 0.25) is 5.02 Å². The number of rotatable bonds is 2. The molecule has 0 spiro atoms. The molecule has 0 amide bonds. The Kier molecular flexibility index (Phi) is 2.93. The monoisotopic (exact) mass is 322 g/mol. The Balaban J connectivity index is 2.02. The van der Waals surface area contributed by atoms with Gasteiger partial charge in [0.15, 0.2) is 11.5 Å². The number of H-pyrrole nitrogens is 1. The fourth-order valence-electron chi connectivity index (χ4n) is 1.68. The van der Waals surface area contributed by atoms with E-state index in [4.69, 9.17) is 11.6 Å². The summed E-state index contributed by atoms with van der Waals surface area (Å²) in [5, 5.41) is 11.9. The number of nitrogens with one attached hydrogen (secondary N) is 2. The van der Waals surface area contributed by atoms with Crippen molar-refractivity contribution in [1.29, 1.82) is 0 Å². The summed E-state index contributed by atoms with van der Waals surface area (Å²) in [6, 6.07) is 9.44. The van der Waals surface area contributed by atoms with E-state index in [9.17, 15) is 0 Å². The van der Waals surface area contributed by atoms with E-state index in [-0.39, 0.29) is 0 Å². The fourth-order valence-corrected chi connectivity index (χ4v) is 2.20. The first kappa shape index (κ1) is 11.5. The second-order valence-electron chi connectivity index (χ2n) is 3.76. The number of fused-ring (bicyclic) bond motifs is 1. The van der Waals surface area contributed by atoms with Gasteiger partial charge in [0.2, 0.25) is 0 Å². The van der Waals surface area contributed by atoms with Crippen LogP contribution in [0.3, 0.4) is 0 Å². The maximum Gasteiger partial charge on any atom is 0.161 e. The molecule has 2 heterocycles. The summed E-state index contributed by atoms with van der Waals surface area (Å²) in [4.78, 5) is 4.23. The zero-order valence-corrected chi connectivity index (χ0v) is 11.5. The van der Waals surface area contributed by atoms with Crippen LogP contribution in [0.5, 0.6) is 0 Å². The van der Waals surface area contributed by atoms with Crippen LogP contribution in [-0.4, -0.2) is 15.2 Å². The van der Waals surface area contributed by atoms with Crippen molar-refractivity contribution >= 4 is 50.1 Å². The largest absolute Gasteiger partial charge is 0.338 e. The minimum Gasteiger partial charge on any atom is -0.338 e. The molecule has 2 aromatic heterocycles. The van der Waals surface area contributed by atoms with Crippen LogP contribution >= 0.6 is 27.5 Å². The van der Waals surface area contributed by atoms with Crippen LogP contribution in [0.25, 0.3) is 11.0 Å². The van der Waals surface area contributed by atoms with Crippen LogP contribution in [-0.2, 0) is 0 Å². The third-order valence-corrected chi connectivity index (χ3v) is 3.14. The first-order valence-corrected chi connectivity index (χ1v) is 6.42. The van der Waals surface area contributed by atoms with Crippen molar-refractivity contribution in [2.45, 2.75) is 0 Å². The molecule has 4 nitrogen and oxygen atoms in total. The van der Waals surface area contributed by atoms with Crippen molar-refractivity contribution in [3.05, 3.63) is 46.0 Å². The highest BCUT2D eigenvalue weighted by molar-refractivity contribution is 9.10. The molecule has 0 saturated heterocycles. The molecule has 3 rings (SSSR count). The lowest BCUT2D eigenvalue weighted by Gasteiger charge is -2.03. The van der Waals surface area contributed by atoms with Crippen molar-refractivity contribution in [2.24, 2.45) is 0 Å². The van der Waals surface area contributed by atoms with Gasteiger partial charge in [-0.1, -0.05) is 17.7 Å². The molecule has 0 saturated carbocycles. The number of nitrogens with zero attached hydrogens (tertiary/aromatic N) is 2. The fraction of sp³-hybridized carbons (Fsp3) is 0. The second-order valence-corrected chi connectivity index (χ2v) is 5.11. The van der Waals surface area contributed by atoms with Gasteiger partial charge in [0.05, 0.1) is 5.39 Å². The van der Waals surface area contributed by atoms with Gasteiger partial charge in [-0.3, -0.25) is 5.10 Å². The number of anilines is 2. The van der Waals surface area contributed by atoms with Gasteiger partial charge in [0, 0.05) is 21.4 Å². The Morgan fingerprint density at radius 3 is 3.00 bits per heavy atom. The SMILES string of the molecule is Clc1cccc(Nc2n[nH]c3ncc(Br)cc23)c1. The number of hydrogen-bond donors (Lipinski definition) is 2. The molecular formula is C12H8BrClN4. The Hall–Kier alpha value is -1.59. The number of aromatic nitrogens is 3. The predicted octanol–water partition coefficient (Wildman–Crippen LogP) is 4.12. The minimum atomic E-state index is 0.680. The molecule has 1 aromatic carbocycles. The Morgan fingerprint density at radius 1 is 1.28 bits per heavy atom. The van der Waals surface area contributed by atoms with Crippen LogP contribution in [0.1, 0.15) is 0 Å². The van der Waals surface area contributed by atoms with E-state index in [1.807, 2.05) is 30.3 Å². The number of aromatic amines is 1. The second kappa shape index (κ2) is 4.59. The Bertz CT molecular complexity index is 710. The maximum atomic E-state index is 5.94. The van der Waals surface area contributed by atoms with Gasteiger partial charge in [0.25, 0.3) is 0 Å². The standard InChI is InChI=1S/C12H8BrClN4/c13-7-4-10-11(15-6-7)17-18-12(10)16-9-3-1-2-8(14)5-9/h1-6H,(H2,15,16,17,18). The highest BCUT2D eigenvalue weighted by atomic mass is 79.9. The first-order chi connectivity index (χ1) is 8.72. The smallest absolute Gasteiger partial charge is 0.161 e. The molecule has 0 bridgehead atoms. The van der Waals surface area contributed by atoms with E-state index >= 15 is 0 Å². The average molecular weight is 324 g/mol. The molecule has 0 fully saturated rings. The van der Waals surface area contributed by atoms with Crippen molar-refractivity contribution < 1.29 is 0 Å². The minimum absolute atomic E-state index is 0.680. The molecule has 18 heavy (non-hydrogen) atoms.